The van der Waals surface area contributed by atoms with Crippen molar-refractivity contribution in [2.24, 2.45) is 5.84 Å². The molecule has 1 aromatic heterocycles. The Morgan fingerprint density at radius 1 is 1.21 bits per heavy atom. The number of nitrogens with zero attached hydrogens (tertiary/aromatic N) is 2. The zero-order valence-electron chi connectivity index (χ0n) is 11.0. The molecule has 100 valence electrons. The zero-order valence-corrected chi connectivity index (χ0v) is 11.0. The molecule has 3 N–H and O–H groups in total. The van der Waals surface area contributed by atoms with Gasteiger partial charge in [0.2, 0.25) is 5.88 Å². The summed E-state index contributed by atoms with van der Waals surface area (Å²) in [6.45, 7) is 5.30. The molecule has 0 radical (unpaired) electrons. The Hall–Kier alpha value is -2.21. The van der Waals surface area contributed by atoms with Crippen molar-refractivity contribution in [3.05, 3.63) is 41.0 Å². The number of nitrogen functional groups attached to an aromatic ring is 1. The van der Waals surface area contributed by atoms with Gasteiger partial charge in [0.05, 0.1) is 5.56 Å². The fraction of sp³-hybridized carbons (Fsp3) is 0.231. The monoisotopic (exact) mass is 262 g/mol. The molecule has 0 aliphatic carbocycles. The van der Waals surface area contributed by atoms with E-state index in [0.29, 0.717) is 34.4 Å². The van der Waals surface area contributed by atoms with Crippen LogP contribution in [0.25, 0.3) is 0 Å². The minimum Gasteiger partial charge on any atom is -0.438 e. The minimum atomic E-state index is -0.301. The lowest BCUT2D eigenvalue weighted by atomic mass is 10.2. The Kier molecular flexibility index (Phi) is 3.62. The van der Waals surface area contributed by atoms with Gasteiger partial charge in [-0.05, 0) is 44.5 Å². The lowest BCUT2D eigenvalue weighted by Crippen LogP contribution is -2.12. The number of nitrogens with two attached hydrogens (primary N) is 1. The van der Waals surface area contributed by atoms with Crippen LogP contribution in [0.3, 0.4) is 0 Å². The Morgan fingerprint density at radius 2 is 1.95 bits per heavy atom. The van der Waals surface area contributed by atoms with E-state index in [9.17, 15) is 4.39 Å². The van der Waals surface area contributed by atoms with Crippen molar-refractivity contribution >= 4 is 5.82 Å². The molecule has 0 atom stereocenters. The molecule has 0 amide bonds. The first-order valence-corrected chi connectivity index (χ1v) is 5.77. The fourth-order valence-corrected chi connectivity index (χ4v) is 1.67. The van der Waals surface area contributed by atoms with Gasteiger partial charge in [0.15, 0.2) is 0 Å². The maximum atomic E-state index is 13.0. The highest BCUT2D eigenvalue weighted by Crippen LogP contribution is 2.28. The second kappa shape index (κ2) is 5.19. The van der Waals surface area contributed by atoms with Crippen LogP contribution in [0.1, 0.15) is 17.0 Å². The Labute approximate surface area is 110 Å². The number of benzene rings is 1. The molecule has 0 aliphatic heterocycles. The van der Waals surface area contributed by atoms with Crippen LogP contribution >= 0.6 is 0 Å². The van der Waals surface area contributed by atoms with E-state index < -0.39 is 0 Å². The standard InChI is InChI=1S/C13H15FN4O/c1-7-6-10(14)4-5-11(7)19-13-8(2)12(18-15)16-9(3)17-13/h4-6H,15H2,1-3H3,(H,16,17,18). The highest BCUT2D eigenvalue weighted by atomic mass is 19.1. The van der Waals surface area contributed by atoms with Gasteiger partial charge >= 0.3 is 0 Å². The lowest BCUT2D eigenvalue weighted by molar-refractivity contribution is 0.451. The molecule has 2 rings (SSSR count). The molecule has 0 bridgehead atoms. The number of halogens is 1. The predicted molar refractivity (Wildman–Crippen MR) is 70.5 cm³/mol. The van der Waals surface area contributed by atoms with Gasteiger partial charge in [-0.25, -0.2) is 15.2 Å². The minimum absolute atomic E-state index is 0.301. The van der Waals surface area contributed by atoms with E-state index in [1.54, 1.807) is 26.8 Å². The van der Waals surface area contributed by atoms with Crippen LogP contribution in [-0.2, 0) is 0 Å². The molecule has 0 saturated heterocycles. The van der Waals surface area contributed by atoms with Crippen molar-refractivity contribution in [2.75, 3.05) is 5.43 Å². The van der Waals surface area contributed by atoms with Crippen LogP contribution in [0, 0.1) is 26.6 Å². The molecule has 6 heteroatoms. The van der Waals surface area contributed by atoms with Crippen molar-refractivity contribution < 1.29 is 9.13 Å². The number of rotatable bonds is 3. The number of aryl methyl sites for hydroxylation is 2. The molecule has 5 nitrogen and oxygen atoms in total. The highest BCUT2D eigenvalue weighted by molar-refractivity contribution is 5.49. The molecule has 0 saturated carbocycles. The smallest absolute Gasteiger partial charge is 0.227 e. The van der Waals surface area contributed by atoms with Crippen molar-refractivity contribution in [3.63, 3.8) is 0 Å². The summed E-state index contributed by atoms with van der Waals surface area (Å²) in [5.41, 5.74) is 3.88. The predicted octanol–water partition coefficient (Wildman–Crippen LogP) is 2.62. The topological polar surface area (TPSA) is 73.1 Å². The maximum Gasteiger partial charge on any atom is 0.227 e. The molecule has 0 fully saturated rings. The van der Waals surface area contributed by atoms with E-state index in [1.165, 1.54) is 12.1 Å². The van der Waals surface area contributed by atoms with Gasteiger partial charge < -0.3 is 10.2 Å². The van der Waals surface area contributed by atoms with Crippen molar-refractivity contribution in [1.82, 2.24) is 9.97 Å². The SMILES string of the molecule is Cc1nc(NN)c(C)c(Oc2ccc(F)cc2C)n1. The number of aromatic nitrogens is 2. The summed E-state index contributed by atoms with van der Waals surface area (Å²) >= 11 is 0. The summed E-state index contributed by atoms with van der Waals surface area (Å²) in [7, 11) is 0. The van der Waals surface area contributed by atoms with E-state index in [4.69, 9.17) is 10.6 Å². The van der Waals surface area contributed by atoms with Crippen LogP contribution in [0.2, 0.25) is 0 Å². The fourth-order valence-electron chi connectivity index (χ4n) is 1.67. The molecule has 2 aromatic rings. The van der Waals surface area contributed by atoms with E-state index in [1.807, 2.05) is 0 Å². The van der Waals surface area contributed by atoms with Gasteiger partial charge in [-0.2, -0.15) is 4.98 Å². The van der Waals surface area contributed by atoms with Crippen LogP contribution in [0.15, 0.2) is 18.2 Å². The Morgan fingerprint density at radius 3 is 2.58 bits per heavy atom. The number of hydrazine groups is 1. The number of hydrogen-bond donors (Lipinski definition) is 2. The Balaban J connectivity index is 2.40. The second-order valence-electron chi connectivity index (χ2n) is 4.21. The lowest BCUT2D eigenvalue weighted by Gasteiger charge is -2.12. The third kappa shape index (κ3) is 2.79. The van der Waals surface area contributed by atoms with Crippen LogP contribution in [0.5, 0.6) is 11.6 Å². The largest absolute Gasteiger partial charge is 0.438 e. The summed E-state index contributed by atoms with van der Waals surface area (Å²) in [6, 6.07) is 4.31. The van der Waals surface area contributed by atoms with Crippen molar-refractivity contribution in [2.45, 2.75) is 20.8 Å². The summed E-state index contributed by atoms with van der Waals surface area (Å²) in [5, 5.41) is 0. The van der Waals surface area contributed by atoms with E-state index >= 15 is 0 Å². The molecule has 0 spiro atoms. The highest BCUT2D eigenvalue weighted by Gasteiger charge is 2.11. The van der Waals surface area contributed by atoms with Gasteiger partial charge in [-0.1, -0.05) is 0 Å². The zero-order chi connectivity index (χ0) is 14.0. The van der Waals surface area contributed by atoms with Gasteiger partial charge in [0.1, 0.15) is 23.2 Å². The quantitative estimate of drug-likeness (QED) is 0.657. The summed E-state index contributed by atoms with van der Waals surface area (Å²) in [6.07, 6.45) is 0. The third-order valence-corrected chi connectivity index (χ3v) is 2.69. The molecular formula is C13H15FN4O. The molecule has 1 heterocycles. The average Bonchev–Trinajstić information content (AvgIpc) is 2.36. The van der Waals surface area contributed by atoms with E-state index in [2.05, 4.69) is 15.4 Å². The van der Waals surface area contributed by atoms with Gasteiger partial charge in [-0.3, -0.25) is 0 Å². The number of nitrogens with one attached hydrogen (secondary N) is 1. The van der Waals surface area contributed by atoms with Crippen LogP contribution in [-0.4, -0.2) is 9.97 Å². The average molecular weight is 262 g/mol. The normalized spacial score (nSPS) is 10.4. The first-order valence-electron chi connectivity index (χ1n) is 5.77. The van der Waals surface area contributed by atoms with Crippen molar-refractivity contribution in [1.29, 1.82) is 0 Å². The first kappa shape index (κ1) is 13.2. The maximum absolute atomic E-state index is 13.0. The van der Waals surface area contributed by atoms with E-state index in [-0.39, 0.29) is 5.82 Å². The molecular weight excluding hydrogens is 247 g/mol. The van der Waals surface area contributed by atoms with Crippen LogP contribution < -0.4 is 16.0 Å². The molecule has 19 heavy (non-hydrogen) atoms. The summed E-state index contributed by atoms with van der Waals surface area (Å²) < 4.78 is 18.7. The molecule has 1 aromatic carbocycles. The molecule has 0 aliphatic rings. The van der Waals surface area contributed by atoms with Gasteiger partial charge in [-0.15, -0.1) is 0 Å². The number of ether oxygens (including phenoxy) is 1. The Bertz CT molecular complexity index is 616. The third-order valence-electron chi connectivity index (χ3n) is 2.69. The van der Waals surface area contributed by atoms with Gasteiger partial charge in [0.25, 0.3) is 0 Å². The second-order valence-corrected chi connectivity index (χ2v) is 4.21. The van der Waals surface area contributed by atoms with Gasteiger partial charge in [0, 0.05) is 0 Å². The number of anilines is 1. The number of hydrogen-bond acceptors (Lipinski definition) is 5. The summed E-state index contributed by atoms with van der Waals surface area (Å²) in [4.78, 5) is 8.36. The van der Waals surface area contributed by atoms with Crippen molar-refractivity contribution in [3.8, 4) is 11.6 Å². The molecule has 0 unspecified atom stereocenters. The van der Waals surface area contributed by atoms with Crippen LogP contribution in [0.4, 0.5) is 10.2 Å². The summed E-state index contributed by atoms with van der Waals surface area (Å²) in [5.74, 6) is 7.07. The van der Waals surface area contributed by atoms with E-state index in [0.717, 1.165) is 0 Å². The first-order chi connectivity index (χ1) is 9.01.